The predicted octanol–water partition coefficient (Wildman–Crippen LogP) is 2.41. The van der Waals surface area contributed by atoms with Crippen molar-refractivity contribution in [3.8, 4) is 16.9 Å². The Morgan fingerprint density at radius 1 is 1.15 bits per heavy atom. The Labute approximate surface area is 159 Å². The topological polar surface area (TPSA) is 91.4 Å². The molecule has 1 aromatic heterocycles. The van der Waals surface area contributed by atoms with Gasteiger partial charge < -0.3 is 15.0 Å². The van der Waals surface area contributed by atoms with Crippen LogP contribution in [0.5, 0.6) is 5.75 Å². The fraction of sp³-hybridized carbons (Fsp3) is 0.450. The first-order valence-electron chi connectivity index (χ1n) is 9.09. The second-order valence-corrected chi connectivity index (χ2v) is 9.43. The van der Waals surface area contributed by atoms with Gasteiger partial charge in [0.25, 0.3) is 5.56 Å². The molecule has 6 nitrogen and oxygen atoms in total. The molecule has 1 aliphatic rings. The van der Waals surface area contributed by atoms with Crippen molar-refractivity contribution in [3.05, 3.63) is 46.4 Å². The van der Waals surface area contributed by atoms with Crippen LogP contribution in [0.4, 0.5) is 0 Å². The fourth-order valence-electron chi connectivity index (χ4n) is 3.48. The van der Waals surface area contributed by atoms with E-state index < -0.39 is 9.84 Å². The summed E-state index contributed by atoms with van der Waals surface area (Å²) < 4.78 is 31.8. The minimum Gasteiger partial charge on any atom is -0.490 e. The minimum absolute atomic E-state index is 0.0567. The Morgan fingerprint density at radius 3 is 2.41 bits per heavy atom. The maximum Gasteiger partial charge on any atom is 0.253 e. The molecule has 0 unspecified atom stereocenters. The molecule has 27 heavy (non-hydrogen) atoms. The summed E-state index contributed by atoms with van der Waals surface area (Å²) in [5.74, 6) is 0.626. The largest absolute Gasteiger partial charge is 0.490 e. The number of nitrogens with two attached hydrogens (primary N) is 1. The average molecular weight is 391 g/mol. The lowest BCUT2D eigenvalue weighted by Crippen LogP contribution is -2.31. The first kappa shape index (κ1) is 19.6. The van der Waals surface area contributed by atoms with E-state index in [2.05, 4.69) is 0 Å². The summed E-state index contributed by atoms with van der Waals surface area (Å²) in [7, 11) is -1.68. The fourth-order valence-corrected chi connectivity index (χ4v) is 4.13. The Morgan fingerprint density at radius 2 is 1.81 bits per heavy atom. The third-order valence-corrected chi connectivity index (χ3v) is 6.18. The predicted molar refractivity (Wildman–Crippen MR) is 106 cm³/mol. The molecule has 1 saturated carbocycles. The monoisotopic (exact) mass is 390 g/mol. The molecule has 3 rings (SSSR count). The number of ether oxygens (including phenoxy) is 1. The average Bonchev–Trinajstić information content (AvgIpc) is 2.60. The first-order valence-corrected chi connectivity index (χ1v) is 11.0. The Hall–Kier alpha value is -2.12. The summed E-state index contributed by atoms with van der Waals surface area (Å²) in [5.41, 5.74) is 7.91. The molecular formula is C20H26N2O4S. The van der Waals surface area contributed by atoms with Crippen molar-refractivity contribution < 1.29 is 13.2 Å². The Balaban J connectivity index is 2.07. The van der Waals surface area contributed by atoms with Gasteiger partial charge in [-0.1, -0.05) is 0 Å². The van der Waals surface area contributed by atoms with Crippen LogP contribution in [-0.2, 0) is 16.9 Å². The highest BCUT2D eigenvalue weighted by molar-refractivity contribution is 7.90. The van der Waals surface area contributed by atoms with Gasteiger partial charge in [0.1, 0.15) is 5.75 Å². The highest BCUT2D eigenvalue weighted by atomic mass is 32.2. The quantitative estimate of drug-likeness (QED) is 0.866. The molecule has 0 atom stereocenters. The van der Waals surface area contributed by atoms with Crippen molar-refractivity contribution in [2.45, 2.75) is 49.6 Å². The van der Waals surface area contributed by atoms with E-state index >= 15 is 0 Å². The maximum atomic E-state index is 12.0. The number of aryl methyl sites for hydroxylation is 2. The van der Waals surface area contributed by atoms with E-state index in [1.165, 1.54) is 10.8 Å². The molecule has 0 aliphatic heterocycles. The van der Waals surface area contributed by atoms with Gasteiger partial charge in [0.05, 0.1) is 11.0 Å². The number of pyridine rings is 1. The van der Waals surface area contributed by atoms with Crippen molar-refractivity contribution in [1.82, 2.24) is 4.57 Å². The van der Waals surface area contributed by atoms with Gasteiger partial charge in [-0.15, -0.1) is 0 Å². The van der Waals surface area contributed by atoms with E-state index in [0.717, 1.165) is 31.2 Å². The van der Waals surface area contributed by atoms with Crippen LogP contribution in [0.1, 0.15) is 31.2 Å². The molecule has 2 aromatic rings. The molecule has 1 fully saturated rings. The number of rotatable bonds is 4. The number of aromatic nitrogens is 1. The van der Waals surface area contributed by atoms with E-state index in [9.17, 15) is 13.2 Å². The molecule has 0 saturated heterocycles. The summed E-state index contributed by atoms with van der Waals surface area (Å²) in [6.45, 7) is 1.75. The molecule has 1 heterocycles. The van der Waals surface area contributed by atoms with Crippen LogP contribution in [0.3, 0.4) is 0 Å². The van der Waals surface area contributed by atoms with Crippen molar-refractivity contribution in [2.75, 3.05) is 6.26 Å². The van der Waals surface area contributed by atoms with Crippen molar-refractivity contribution in [2.24, 2.45) is 12.8 Å². The molecule has 2 N–H and O–H groups in total. The van der Waals surface area contributed by atoms with Gasteiger partial charge in [0.15, 0.2) is 9.84 Å². The molecule has 0 bridgehead atoms. The summed E-state index contributed by atoms with van der Waals surface area (Å²) in [6.07, 6.45) is 6.53. The van der Waals surface area contributed by atoms with Crippen LogP contribution in [0, 0.1) is 6.92 Å². The van der Waals surface area contributed by atoms with Gasteiger partial charge in [-0.05, 0) is 56.9 Å². The summed E-state index contributed by atoms with van der Waals surface area (Å²) in [5, 5.41) is 0. The van der Waals surface area contributed by atoms with Gasteiger partial charge >= 0.3 is 0 Å². The van der Waals surface area contributed by atoms with Crippen LogP contribution < -0.4 is 16.0 Å². The lowest BCUT2D eigenvalue weighted by atomic mass is 9.93. The number of hydrogen-bond donors (Lipinski definition) is 1. The van der Waals surface area contributed by atoms with Crippen LogP contribution in [0.2, 0.25) is 0 Å². The Kier molecular flexibility index (Phi) is 5.44. The van der Waals surface area contributed by atoms with Crippen molar-refractivity contribution in [1.29, 1.82) is 0 Å². The number of nitrogens with zero attached hydrogens (tertiary/aromatic N) is 1. The van der Waals surface area contributed by atoms with Gasteiger partial charge in [0.2, 0.25) is 0 Å². The third kappa shape index (κ3) is 4.42. The maximum absolute atomic E-state index is 12.0. The highest BCUT2D eigenvalue weighted by Crippen LogP contribution is 2.34. The van der Waals surface area contributed by atoms with Crippen LogP contribution >= 0.6 is 0 Å². The highest BCUT2D eigenvalue weighted by Gasteiger charge is 2.22. The third-order valence-electron chi connectivity index (χ3n) is 5.07. The zero-order valence-corrected chi connectivity index (χ0v) is 16.8. The molecule has 7 heteroatoms. The molecule has 0 amide bonds. The minimum atomic E-state index is -3.36. The molecule has 1 aliphatic carbocycles. The summed E-state index contributed by atoms with van der Waals surface area (Å²) in [4.78, 5) is 12.3. The van der Waals surface area contributed by atoms with Crippen LogP contribution in [0.25, 0.3) is 11.1 Å². The SMILES string of the molecule is Cc1cc(-c2cc(S(C)(=O)=O)ccc2OC2CCC(N)CC2)cn(C)c1=O. The van der Waals surface area contributed by atoms with Gasteiger partial charge in [-0.3, -0.25) is 4.79 Å². The lowest BCUT2D eigenvalue weighted by Gasteiger charge is -2.28. The standard InChI is InChI=1S/C20H26N2O4S/c1-13-10-14(12-22(2)20(13)23)18-11-17(27(3,24)25)8-9-19(18)26-16-6-4-15(21)5-7-16/h8-12,15-16H,4-7,21H2,1-3H3. The van der Waals surface area contributed by atoms with Gasteiger partial charge in [-0.25, -0.2) is 8.42 Å². The van der Waals surface area contributed by atoms with Crippen molar-refractivity contribution in [3.63, 3.8) is 0 Å². The van der Waals surface area contributed by atoms with E-state index in [0.29, 0.717) is 16.9 Å². The molecule has 146 valence electrons. The summed E-state index contributed by atoms with van der Waals surface area (Å²) in [6, 6.07) is 6.90. The lowest BCUT2D eigenvalue weighted by molar-refractivity contribution is 0.148. The number of benzene rings is 1. The smallest absolute Gasteiger partial charge is 0.253 e. The molecule has 0 spiro atoms. The summed E-state index contributed by atoms with van der Waals surface area (Å²) >= 11 is 0. The second-order valence-electron chi connectivity index (χ2n) is 7.41. The van der Waals surface area contributed by atoms with Crippen LogP contribution in [0.15, 0.2) is 40.2 Å². The molecular weight excluding hydrogens is 364 g/mol. The van der Waals surface area contributed by atoms with E-state index in [4.69, 9.17) is 10.5 Å². The van der Waals surface area contributed by atoms with Gasteiger partial charge in [-0.2, -0.15) is 0 Å². The van der Waals surface area contributed by atoms with Crippen molar-refractivity contribution >= 4 is 9.84 Å². The Bertz CT molecular complexity index is 977. The molecule has 1 aromatic carbocycles. The zero-order chi connectivity index (χ0) is 19.8. The second kappa shape index (κ2) is 7.48. The number of sulfone groups is 1. The molecule has 0 radical (unpaired) electrons. The van der Waals surface area contributed by atoms with E-state index in [1.807, 2.05) is 0 Å². The van der Waals surface area contributed by atoms with Gasteiger partial charge in [0, 0.05) is 42.2 Å². The van der Waals surface area contributed by atoms with Crippen LogP contribution in [-0.4, -0.2) is 31.4 Å². The number of hydrogen-bond acceptors (Lipinski definition) is 5. The van der Waals surface area contributed by atoms with E-state index in [1.54, 1.807) is 44.4 Å². The van der Waals surface area contributed by atoms with E-state index in [-0.39, 0.29) is 22.6 Å². The normalized spacial score (nSPS) is 20.4. The zero-order valence-electron chi connectivity index (χ0n) is 15.9. The first-order chi connectivity index (χ1) is 12.6.